The molecule has 8 heteroatoms. The lowest BCUT2D eigenvalue weighted by Crippen LogP contribution is -2.46. The summed E-state index contributed by atoms with van der Waals surface area (Å²) in [6, 6.07) is 7.63. The Hall–Kier alpha value is -2.41. The molecule has 120 valence electrons. The minimum atomic E-state index is 0.459. The number of halogens is 1. The largest absolute Gasteiger partial charge is 0.352 e. The van der Waals surface area contributed by atoms with Crippen LogP contribution in [0, 0.1) is 0 Å². The lowest BCUT2D eigenvalue weighted by Gasteiger charge is -2.33. The first-order chi connectivity index (χ1) is 11.3. The fourth-order valence-corrected chi connectivity index (χ4v) is 2.60. The van der Waals surface area contributed by atoms with E-state index in [2.05, 4.69) is 25.4 Å². The second kappa shape index (κ2) is 7.23. The number of carbonyl (C=O) groups is 1. The van der Waals surface area contributed by atoms with E-state index < -0.39 is 0 Å². The van der Waals surface area contributed by atoms with Gasteiger partial charge in [-0.05, 0) is 11.6 Å². The summed E-state index contributed by atoms with van der Waals surface area (Å²) < 4.78 is 0. The third-order valence-corrected chi connectivity index (χ3v) is 4.10. The van der Waals surface area contributed by atoms with Gasteiger partial charge in [-0.2, -0.15) is 10.1 Å². The number of carbonyl (C=O) groups excluding carboxylic acids is 1. The molecule has 0 radical (unpaired) electrons. The van der Waals surface area contributed by atoms with Gasteiger partial charge in [-0.15, -0.1) is 5.10 Å². The molecule has 0 unspecified atom stereocenters. The number of aromatic nitrogens is 3. The van der Waals surface area contributed by atoms with Gasteiger partial charge in [0.15, 0.2) is 5.82 Å². The molecule has 0 aliphatic carbocycles. The van der Waals surface area contributed by atoms with E-state index in [1.165, 1.54) is 0 Å². The zero-order chi connectivity index (χ0) is 16.1. The fourth-order valence-electron chi connectivity index (χ4n) is 2.39. The van der Waals surface area contributed by atoms with Gasteiger partial charge in [-0.25, -0.2) is 0 Å². The zero-order valence-corrected chi connectivity index (χ0v) is 13.3. The van der Waals surface area contributed by atoms with Gasteiger partial charge in [0, 0.05) is 37.7 Å². The molecule has 0 bridgehead atoms. The van der Waals surface area contributed by atoms with Crippen molar-refractivity contribution in [1.82, 2.24) is 20.1 Å². The van der Waals surface area contributed by atoms with Gasteiger partial charge >= 0.3 is 0 Å². The number of anilines is 2. The molecule has 1 aliphatic heterocycles. The van der Waals surface area contributed by atoms with E-state index in [0.717, 1.165) is 30.9 Å². The van der Waals surface area contributed by atoms with Crippen LogP contribution in [-0.4, -0.2) is 52.7 Å². The van der Waals surface area contributed by atoms with Gasteiger partial charge in [-0.3, -0.25) is 4.79 Å². The minimum absolute atomic E-state index is 0.459. The van der Waals surface area contributed by atoms with Crippen LogP contribution in [0.1, 0.15) is 5.56 Å². The third-order valence-electron chi connectivity index (χ3n) is 3.73. The third kappa shape index (κ3) is 3.87. The van der Waals surface area contributed by atoms with E-state index >= 15 is 0 Å². The molecule has 7 nitrogen and oxygen atoms in total. The van der Waals surface area contributed by atoms with Crippen molar-refractivity contribution in [3.8, 4) is 0 Å². The summed E-state index contributed by atoms with van der Waals surface area (Å²) in [6.45, 7) is 3.39. The van der Waals surface area contributed by atoms with Crippen molar-refractivity contribution < 1.29 is 4.79 Å². The van der Waals surface area contributed by atoms with Gasteiger partial charge in [0.05, 0.1) is 6.20 Å². The standard InChI is InChI=1S/C15H17ClN6O/c16-13-4-2-1-3-12(13)9-17-15-19-14(10-18-20-15)22-7-5-21(11-23)6-8-22/h1-4,10-11H,5-9H2,(H,17,19,20). The molecule has 1 aromatic carbocycles. The highest BCUT2D eigenvalue weighted by Crippen LogP contribution is 2.17. The van der Waals surface area contributed by atoms with E-state index in [4.69, 9.17) is 11.6 Å². The van der Waals surface area contributed by atoms with Crippen molar-refractivity contribution in [2.45, 2.75) is 6.54 Å². The van der Waals surface area contributed by atoms with Gasteiger partial charge in [0.2, 0.25) is 12.4 Å². The van der Waals surface area contributed by atoms with Gasteiger partial charge < -0.3 is 15.1 Å². The van der Waals surface area contributed by atoms with E-state index in [0.29, 0.717) is 30.6 Å². The van der Waals surface area contributed by atoms with Crippen LogP contribution in [-0.2, 0) is 11.3 Å². The van der Waals surface area contributed by atoms with Crippen molar-refractivity contribution in [2.75, 3.05) is 36.4 Å². The van der Waals surface area contributed by atoms with Gasteiger partial charge in [0.1, 0.15) is 0 Å². The highest BCUT2D eigenvalue weighted by Gasteiger charge is 2.17. The number of hydrogen-bond acceptors (Lipinski definition) is 6. The van der Waals surface area contributed by atoms with Crippen LogP contribution in [0.2, 0.25) is 5.02 Å². The second-order valence-electron chi connectivity index (χ2n) is 5.21. The molecule has 2 heterocycles. The first-order valence-corrected chi connectivity index (χ1v) is 7.75. The number of amides is 1. The van der Waals surface area contributed by atoms with Crippen LogP contribution in [0.15, 0.2) is 30.5 Å². The number of rotatable bonds is 5. The molecule has 0 spiro atoms. The first kappa shape index (κ1) is 15.5. The van der Waals surface area contributed by atoms with Crippen molar-refractivity contribution in [1.29, 1.82) is 0 Å². The van der Waals surface area contributed by atoms with E-state index in [-0.39, 0.29) is 0 Å². The molecule has 1 aliphatic rings. The maximum atomic E-state index is 10.8. The number of nitrogens with zero attached hydrogens (tertiary/aromatic N) is 5. The molecular weight excluding hydrogens is 316 g/mol. The Kier molecular flexibility index (Phi) is 4.87. The van der Waals surface area contributed by atoms with Crippen LogP contribution in [0.5, 0.6) is 0 Å². The zero-order valence-electron chi connectivity index (χ0n) is 12.5. The van der Waals surface area contributed by atoms with Crippen LogP contribution < -0.4 is 10.2 Å². The Balaban J connectivity index is 1.64. The molecule has 0 atom stereocenters. The van der Waals surface area contributed by atoms with Crippen LogP contribution >= 0.6 is 11.6 Å². The van der Waals surface area contributed by atoms with Crippen molar-refractivity contribution in [3.63, 3.8) is 0 Å². The Labute approximate surface area is 139 Å². The number of hydrogen-bond donors (Lipinski definition) is 1. The van der Waals surface area contributed by atoms with E-state index in [1.54, 1.807) is 11.1 Å². The van der Waals surface area contributed by atoms with Gasteiger partial charge in [0.25, 0.3) is 0 Å². The topological polar surface area (TPSA) is 74.2 Å². The summed E-state index contributed by atoms with van der Waals surface area (Å²) in [5.41, 5.74) is 0.975. The molecular formula is C15H17ClN6O. The summed E-state index contributed by atoms with van der Waals surface area (Å²) in [5, 5.41) is 11.8. The van der Waals surface area contributed by atoms with Crippen molar-refractivity contribution >= 4 is 29.8 Å². The molecule has 23 heavy (non-hydrogen) atoms. The molecule has 2 aromatic rings. The predicted octanol–water partition coefficient (Wildman–Crippen LogP) is 1.42. The predicted molar refractivity (Wildman–Crippen MR) is 88.5 cm³/mol. The average Bonchev–Trinajstić information content (AvgIpc) is 2.61. The lowest BCUT2D eigenvalue weighted by molar-refractivity contribution is -0.118. The van der Waals surface area contributed by atoms with Crippen molar-refractivity contribution in [3.05, 3.63) is 41.0 Å². The molecule has 1 aromatic heterocycles. The molecule has 3 rings (SSSR count). The Bertz CT molecular complexity index is 675. The first-order valence-electron chi connectivity index (χ1n) is 7.37. The fraction of sp³-hybridized carbons (Fsp3) is 0.333. The monoisotopic (exact) mass is 332 g/mol. The summed E-state index contributed by atoms with van der Waals surface area (Å²) in [6.07, 6.45) is 2.52. The molecule has 1 saturated heterocycles. The lowest BCUT2D eigenvalue weighted by atomic mass is 10.2. The number of benzene rings is 1. The van der Waals surface area contributed by atoms with E-state index in [1.807, 2.05) is 24.3 Å². The van der Waals surface area contributed by atoms with Gasteiger partial charge in [-0.1, -0.05) is 29.8 Å². The second-order valence-corrected chi connectivity index (χ2v) is 5.62. The normalized spacial score (nSPS) is 14.7. The highest BCUT2D eigenvalue weighted by atomic mass is 35.5. The maximum absolute atomic E-state index is 10.8. The molecule has 1 N–H and O–H groups in total. The number of nitrogens with one attached hydrogen (secondary N) is 1. The van der Waals surface area contributed by atoms with E-state index in [9.17, 15) is 4.79 Å². The SMILES string of the molecule is O=CN1CCN(c2cnnc(NCc3ccccc3Cl)n2)CC1. The molecule has 0 saturated carbocycles. The van der Waals surface area contributed by atoms with Crippen molar-refractivity contribution in [2.24, 2.45) is 0 Å². The smallest absolute Gasteiger partial charge is 0.244 e. The summed E-state index contributed by atoms with van der Waals surface area (Å²) in [7, 11) is 0. The summed E-state index contributed by atoms with van der Waals surface area (Å²) in [4.78, 5) is 19.1. The molecule has 1 fully saturated rings. The maximum Gasteiger partial charge on any atom is 0.244 e. The van der Waals surface area contributed by atoms with Crippen LogP contribution in [0.4, 0.5) is 11.8 Å². The summed E-state index contributed by atoms with van der Waals surface area (Å²) >= 11 is 6.13. The quantitative estimate of drug-likeness (QED) is 0.835. The Morgan fingerprint density at radius 2 is 2.00 bits per heavy atom. The molecule has 1 amide bonds. The average molecular weight is 333 g/mol. The minimum Gasteiger partial charge on any atom is -0.352 e. The van der Waals surface area contributed by atoms with Crippen LogP contribution in [0.25, 0.3) is 0 Å². The summed E-state index contributed by atoms with van der Waals surface area (Å²) in [5.74, 6) is 1.22. The van der Waals surface area contributed by atoms with Crippen LogP contribution in [0.3, 0.4) is 0 Å². The number of piperazine rings is 1. The Morgan fingerprint density at radius 1 is 1.22 bits per heavy atom. The Morgan fingerprint density at radius 3 is 2.74 bits per heavy atom. The highest BCUT2D eigenvalue weighted by molar-refractivity contribution is 6.31.